The van der Waals surface area contributed by atoms with E-state index in [1.165, 1.54) is 38.8 Å². The van der Waals surface area contributed by atoms with Crippen molar-refractivity contribution in [3.05, 3.63) is 0 Å². The lowest BCUT2D eigenvalue weighted by Crippen LogP contribution is -2.23. The molecule has 0 saturated heterocycles. The van der Waals surface area contributed by atoms with Gasteiger partial charge in [-0.3, -0.25) is 0 Å². The van der Waals surface area contributed by atoms with Crippen LogP contribution in [-0.4, -0.2) is 38.1 Å². The molecule has 0 spiro atoms. The molecule has 0 heterocycles. The first-order chi connectivity index (χ1) is 6.13. The fourth-order valence-corrected chi connectivity index (χ4v) is 1.30. The van der Waals surface area contributed by atoms with E-state index in [0.29, 0.717) is 6.04 Å². The maximum absolute atomic E-state index is 3.43. The fourth-order valence-electron chi connectivity index (χ4n) is 1.30. The molecule has 0 rings (SSSR count). The molecule has 80 valence electrons. The summed E-state index contributed by atoms with van der Waals surface area (Å²) in [5.41, 5.74) is 0. The zero-order chi connectivity index (χ0) is 10.1. The minimum atomic E-state index is 0.641. The maximum Gasteiger partial charge on any atom is 0.00103 e. The predicted octanol–water partition coefficient (Wildman–Crippen LogP) is 2.11. The first-order valence-corrected chi connectivity index (χ1v) is 5.51. The Morgan fingerprint density at radius 2 is 1.62 bits per heavy atom. The molecule has 1 N–H and O–H groups in total. The lowest BCUT2D eigenvalue weighted by Gasteiger charge is -2.09. The van der Waals surface area contributed by atoms with Crippen molar-refractivity contribution < 1.29 is 0 Å². The third kappa shape index (κ3) is 11.9. The average molecular weight is 186 g/mol. The van der Waals surface area contributed by atoms with Crippen molar-refractivity contribution >= 4 is 0 Å². The molecule has 2 nitrogen and oxygen atoms in total. The first-order valence-electron chi connectivity index (χ1n) is 5.51. The van der Waals surface area contributed by atoms with Gasteiger partial charge in [-0.15, -0.1) is 0 Å². The van der Waals surface area contributed by atoms with Crippen LogP contribution in [-0.2, 0) is 0 Å². The van der Waals surface area contributed by atoms with Gasteiger partial charge >= 0.3 is 0 Å². The van der Waals surface area contributed by atoms with Gasteiger partial charge in [0.25, 0.3) is 0 Å². The maximum atomic E-state index is 3.43. The van der Waals surface area contributed by atoms with Gasteiger partial charge in [0.15, 0.2) is 0 Å². The highest BCUT2D eigenvalue weighted by Gasteiger charge is 1.93. The standard InChI is InChI=1S/C11H26N2/c1-11(2)12-9-7-5-6-8-10-13(3)4/h11-12H,5-10H2,1-4H3. The van der Waals surface area contributed by atoms with Gasteiger partial charge in [-0.05, 0) is 40.0 Å². The Kier molecular flexibility index (Phi) is 8.46. The molecule has 0 saturated carbocycles. The van der Waals surface area contributed by atoms with Gasteiger partial charge in [0.2, 0.25) is 0 Å². The van der Waals surface area contributed by atoms with E-state index in [2.05, 4.69) is 38.2 Å². The Bertz CT molecular complexity index is 88.3. The summed E-state index contributed by atoms with van der Waals surface area (Å²) in [6, 6.07) is 0.641. The molecule has 0 aromatic rings. The van der Waals surface area contributed by atoms with E-state index >= 15 is 0 Å². The van der Waals surface area contributed by atoms with E-state index in [1.807, 2.05) is 0 Å². The number of rotatable bonds is 8. The normalized spacial score (nSPS) is 11.5. The van der Waals surface area contributed by atoms with Gasteiger partial charge < -0.3 is 10.2 Å². The van der Waals surface area contributed by atoms with E-state index in [0.717, 1.165) is 0 Å². The van der Waals surface area contributed by atoms with Crippen LogP contribution in [0.2, 0.25) is 0 Å². The highest BCUT2D eigenvalue weighted by atomic mass is 15.0. The molecule has 2 heteroatoms. The quantitative estimate of drug-likeness (QED) is 0.584. The summed E-state index contributed by atoms with van der Waals surface area (Å²) in [5, 5.41) is 3.43. The van der Waals surface area contributed by atoms with E-state index in [4.69, 9.17) is 0 Å². The summed E-state index contributed by atoms with van der Waals surface area (Å²) in [7, 11) is 4.28. The SMILES string of the molecule is CC(C)NCCCCCCN(C)C. The van der Waals surface area contributed by atoms with E-state index in [1.54, 1.807) is 0 Å². The zero-order valence-corrected chi connectivity index (χ0v) is 9.77. The Balaban J connectivity index is 2.92. The molecule has 0 unspecified atom stereocenters. The van der Waals surface area contributed by atoms with Crippen LogP contribution in [0.15, 0.2) is 0 Å². The van der Waals surface area contributed by atoms with Crippen LogP contribution in [0.3, 0.4) is 0 Å². The summed E-state index contributed by atoms with van der Waals surface area (Å²) in [4.78, 5) is 2.26. The molecular formula is C11H26N2. The number of nitrogens with one attached hydrogen (secondary N) is 1. The van der Waals surface area contributed by atoms with Gasteiger partial charge in [-0.2, -0.15) is 0 Å². The fraction of sp³-hybridized carbons (Fsp3) is 1.00. The van der Waals surface area contributed by atoms with E-state index < -0.39 is 0 Å². The van der Waals surface area contributed by atoms with Crippen LogP contribution < -0.4 is 5.32 Å². The third-order valence-electron chi connectivity index (χ3n) is 2.08. The largest absolute Gasteiger partial charge is 0.315 e. The molecule has 0 aromatic heterocycles. The van der Waals surface area contributed by atoms with Crippen molar-refractivity contribution in [2.45, 2.75) is 45.6 Å². The van der Waals surface area contributed by atoms with Gasteiger partial charge in [0.05, 0.1) is 0 Å². The number of hydrogen-bond acceptors (Lipinski definition) is 2. The first kappa shape index (κ1) is 12.9. The smallest absolute Gasteiger partial charge is 0.00103 e. The van der Waals surface area contributed by atoms with E-state index in [-0.39, 0.29) is 0 Å². The van der Waals surface area contributed by atoms with Gasteiger partial charge in [-0.25, -0.2) is 0 Å². The van der Waals surface area contributed by atoms with E-state index in [9.17, 15) is 0 Å². The van der Waals surface area contributed by atoms with Crippen molar-refractivity contribution in [2.75, 3.05) is 27.2 Å². The van der Waals surface area contributed by atoms with Crippen LogP contribution in [0.5, 0.6) is 0 Å². The molecule has 0 fully saturated rings. The molecule has 0 atom stereocenters. The van der Waals surface area contributed by atoms with Crippen molar-refractivity contribution in [2.24, 2.45) is 0 Å². The lowest BCUT2D eigenvalue weighted by molar-refractivity contribution is 0.389. The molecule has 0 aliphatic heterocycles. The number of nitrogens with zero attached hydrogens (tertiary/aromatic N) is 1. The Hall–Kier alpha value is -0.0800. The van der Waals surface area contributed by atoms with Crippen LogP contribution in [0.25, 0.3) is 0 Å². The summed E-state index contributed by atoms with van der Waals surface area (Å²) in [6.45, 7) is 6.81. The monoisotopic (exact) mass is 186 g/mol. The molecule has 0 radical (unpaired) electrons. The molecule has 0 aliphatic carbocycles. The second-order valence-electron chi connectivity index (χ2n) is 4.33. The zero-order valence-electron chi connectivity index (χ0n) is 9.77. The Morgan fingerprint density at radius 1 is 1.00 bits per heavy atom. The van der Waals surface area contributed by atoms with Gasteiger partial charge in [-0.1, -0.05) is 26.7 Å². The minimum Gasteiger partial charge on any atom is -0.315 e. The van der Waals surface area contributed by atoms with Crippen molar-refractivity contribution in [1.82, 2.24) is 10.2 Å². The topological polar surface area (TPSA) is 15.3 Å². The third-order valence-corrected chi connectivity index (χ3v) is 2.08. The van der Waals surface area contributed by atoms with Crippen molar-refractivity contribution in [3.8, 4) is 0 Å². The lowest BCUT2D eigenvalue weighted by atomic mass is 10.2. The average Bonchev–Trinajstić information content (AvgIpc) is 2.01. The molecule has 0 amide bonds. The van der Waals surface area contributed by atoms with Crippen LogP contribution >= 0.6 is 0 Å². The summed E-state index contributed by atoms with van der Waals surface area (Å²) in [5.74, 6) is 0. The highest BCUT2D eigenvalue weighted by molar-refractivity contribution is 4.53. The summed E-state index contributed by atoms with van der Waals surface area (Å²) < 4.78 is 0. The van der Waals surface area contributed by atoms with Crippen molar-refractivity contribution in [3.63, 3.8) is 0 Å². The molecular weight excluding hydrogens is 160 g/mol. The summed E-state index contributed by atoms with van der Waals surface area (Å²) in [6.07, 6.45) is 5.41. The van der Waals surface area contributed by atoms with Crippen LogP contribution in [0.4, 0.5) is 0 Å². The molecule has 0 bridgehead atoms. The van der Waals surface area contributed by atoms with Gasteiger partial charge in [0, 0.05) is 6.04 Å². The Morgan fingerprint density at radius 3 is 2.15 bits per heavy atom. The second-order valence-corrected chi connectivity index (χ2v) is 4.33. The molecule has 0 aliphatic rings. The molecule has 0 aromatic carbocycles. The molecule has 13 heavy (non-hydrogen) atoms. The minimum absolute atomic E-state index is 0.641. The predicted molar refractivity (Wildman–Crippen MR) is 60.2 cm³/mol. The number of unbranched alkanes of at least 4 members (excludes halogenated alkanes) is 3. The highest BCUT2D eigenvalue weighted by Crippen LogP contribution is 1.99. The van der Waals surface area contributed by atoms with Gasteiger partial charge in [0.1, 0.15) is 0 Å². The van der Waals surface area contributed by atoms with Crippen LogP contribution in [0, 0.1) is 0 Å². The summed E-state index contributed by atoms with van der Waals surface area (Å²) >= 11 is 0. The number of hydrogen-bond donors (Lipinski definition) is 1. The van der Waals surface area contributed by atoms with Crippen LogP contribution in [0.1, 0.15) is 39.5 Å². The second kappa shape index (κ2) is 8.52. The van der Waals surface area contributed by atoms with Crippen molar-refractivity contribution in [1.29, 1.82) is 0 Å². The Labute approximate surface area is 83.7 Å².